The molecule has 0 aliphatic carbocycles. The highest BCUT2D eigenvalue weighted by atomic mass is 16.6. The van der Waals surface area contributed by atoms with Crippen molar-refractivity contribution in [3.8, 4) is 11.3 Å². The van der Waals surface area contributed by atoms with Gasteiger partial charge in [-0.25, -0.2) is 4.79 Å². The summed E-state index contributed by atoms with van der Waals surface area (Å²) in [6.07, 6.45) is 2.01. The molecule has 1 N–H and O–H groups in total. The van der Waals surface area contributed by atoms with Crippen molar-refractivity contribution in [3.63, 3.8) is 0 Å². The second kappa shape index (κ2) is 9.53. The van der Waals surface area contributed by atoms with Crippen LogP contribution in [-0.2, 0) is 11.8 Å². The number of esters is 1. The van der Waals surface area contributed by atoms with Gasteiger partial charge in [-0.3, -0.25) is 4.79 Å². The van der Waals surface area contributed by atoms with Gasteiger partial charge in [-0.1, -0.05) is 30.3 Å². The first-order valence-electron chi connectivity index (χ1n) is 12.7. The van der Waals surface area contributed by atoms with Crippen molar-refractivity contribution < 1.29 is 13.9 Å². The number of fused-ring (bicyclic) bond motifs is 2. The van der Waals surface area contributed by atoms with Gasteiger partial charge < -0.3 is 19.0 Å². The molecule has 0 radical (unpaired) electrons. The zero-order valence-corrected chi connectivity index (χ0v) is 22.6. The van der Waals surface area contributed by atoms with Crippen LogP contribution < -0.4 is 10.7 Å². The molecular weight excluding hydrogens is 476 g/mol. The van der Waals surface area contributed by atoms with E-state index in [1.807, 2.05) is 101 Å². The van der Waals surface area contributed by atoms with Gasteiger partial charge >= 0.3 is 5.97 Å². The number of benzene rings is 3. The van der Waals surface area contributed by atoms with Crippen LogP contribution in [0.25, 0.3) is 33.2 Å². The third-order valence-electron chi connectivity index (χ3n) is 6.56. The minimum atomic E-state index is -0.606. The molecule has 0 spiro atoms. The molecule has 5 aromatic rings. The van der Waals surface area contributed by atoms with Gasteiger partial charge in [0.05, 0.1) is 17.0 Å². The second-order valence-electron chi connectivity index (χ2n) is 10.8. The number of nitrogens with one attached hydrogen (secondary N) is 1. The minimum absolute atomic E-state index is 0.0977. The monoisotopic (exact) mass is 508 g/mol. The van der Waals surface area contributed by atoms with Crippen molar-refractivity contribution in [2.24, 2.45) is 7.05 Å². The van der Waals surface area contributed by atoms with Crippen molar-refractivity contribution in [2.45, 2.75) is 46.3 Å². The summed E-state index contributed by atoms with van der Waals surface area (Å²) in [4.78, 5) is 26.2. The number of ether oxygens (including phenoxy) is 1. The maximum atomic E-state index is 13.3. The highest BCUT2D eigenvalue weighted by Crippen LogP contribution is 2.32. The van der Waals surface area contributed by atoms with Crippen molar-refractivity contribution >= 4 is 33.5 Å². The van der Waals surface area contributed by atoms with Crippen LogP contribution in [0, 0.1) is 6.92 Å². The largest absolute Gasteiger partial charge is 0.456 e. The summed E-state index contributed by atoms with van der Waals surface area (Å²) in [5.74, 6) is 0.115. The molecule has 2 aromatic heterocycles. The Bertz CT molecular complexity index is 1740. The summed E-state index contributed by atoms with van der Waals surface area (Å²) < 4.78 is 14.1. The molecule has 0 amide bonds. The quantitative estimate of drug-likeness (QED) is 0.251. The molecular formula is C32H32N2O4. The summed E-state index contributed by atoms with van der Waals surface area (Å²) in [5.41, 5.74) is 4.60. The number of aromatic nitrogens is 1. The van der Waals surface area contributed by atoms with Gasteiger partial charge in [0, 0.05) is 41.6 Å². The third-order valence-corrected chi connectivity index (χ3v) is 6.56. The van der Waals surface area contributed by atoms with E-state index in [4.69, 9.17) is 9.15 Å². The van der Waals surface area contributed by atoms with Gasteiger partial charge in [-0.15, -0.1) is 0 Å². The van der Waals surface area contributed by atoms with Crippen molar-refractivity contribution in [1.82, 2.24) is 4.57 Å². The van der Waals surface area contributed by atoms with Crippen LogP contribution >= 0.6 is 0 Å². The highest BCUT2D eigenvalue weighted by Gasteiger charge is 2.22. The Hall–Kier alpha value is -4.32. The SMILES string of the molecule is Cc1cc(C(C)Nc2ccccc2C(=O)OC(C)(C)C)c2oc(-c3ccc4ccn(C)c4c3)cc(=O)c2c1. The molecule has 1 unspecified atom stereocenters. The Morgan fingerprint density at radius 3 is 2.55 bits per heavy atom. The lowest BCUT2D eigenvalue weighted by Gasteiger charge is -2.22. The van der Waals surface area contributed by atoms with E-state index in [9.17, 15) is 9.59 Å². The summed E-state index contributed by atoms with van der Waals surface area (Å²) in [5, 5.41) is 5.10. The fourth-order valence-corrected chi connectivity index (χ4v) is 4.75. The van der Waals surface area contributed by atoms with E-state index in [0.29, 0.717) is 28.0 Å². The molecule has 0 aliphatic heterocycles. The van der Waals surface area contributed by atoms with Gasteiger partial charge in [0.2, 0.25) is 0 Å². The molecule has 0 saturated heterocycles. The average Bonchev–Trinajstić information content (AvgIpc) is 3.23. The van der Waals surface area contributed by atoms with E-state index in [0.717, 1.165) is 27.6 Å². The predicted molar refractivity (Wildman–Crippen MR) is 153 cm³/mol. The molecule has 38 heavy (non-hydrogen) atoms. The second-order valence-corrected chi connectivity index (χ2v) is 10.8. The van der Waals surface area contributed by atoms with Gasteiger partial charge in [-0.2, -0.15) is 0 Å². The van der Waals surface area contributed by atoms with Crippen molar-refractivity contribution in [1.29, 1.82) is 0 Å². The van der Waals surface area contributed by atoms with E-state index in [-0.39, 0.29) is 11.5 Å². The Morgan fingerprint density at radius 1 is 1.03 bits per heavy atom. The third kappa shape index (κ3) is 4.94. The first kappa shape index (κ1) is 25.3. The zero-order chi connectivity index (χ0) is 27.2. The van der Waals surface area contributed by atoms with E-state index in [2.05, 4.69) is 11.4 Å². The Labute approximate surface area is 221 Å². The summed E-state index contributed by atoms with van der Waals surface area (Å²) >= 11 is 0. The van der Waals surface area contributed by atoms with Crippen LogP contribution in [-0.4, -0.2) is 16.1 Å². The standard InChI is InChI=1S/C32H32N2O4/c1-19-15-24(20(2)33-26-10-8-7-9-23(26)31(36)38-32(3,4)5)30-25(16-19)28(35)18-29(37-30)22-12-11-21-13-14-34(6)27(21)17-22/h7-18,20,33H,1-6H3. The number of para-hydroxylation sites is 1. The van der Waals surface area contributed by atoms with E-state index >= 15 is 0 Å². The van der Waals surface area contributed by atoms with E-state index in [1.165, 1.54) is 0 Å². The number of nitrogens with zero attached hydrogens (tertiary/aromatic N) is 1. The zero-order valence-electron chi connectivity index (χ0n) is 22.6. The van der Waals surface area contributed by atoms with Crippen LogP contribution in [0.1, 0.15) is 55.2 Å². The Balaban J connectivity index is 1.58. The predicted octanol–water partition coefficient (Wildman–Crippen LogP) is 7.39. The molecule has 0 fully saturated rings. The molecule has 0 bridgehead atoms. The number of hydrogen-bond donors (Lipinski definition) is 1. The number of hydrogen-bond acceptors (Lipinski definition) is 5. The lowest BCUT2D eigenvalue weighted by Crippen LogP contribution is -2.24. The van der Waals surface area contributed by atoms with Gasteiger partial charge in [0.1, 0.15) is 16.9 Å². The lowest BCUT2D eigenvalue weighted by molar-refractivity contribution is 0.00706. The fraction of sp³-hybridized carbons (Fsp3) is 0.250. The van der Waals surface area contributed by atoms with Crippen LogP contribution in [0.3, 0.4) is 0 Å². The average molecular weight is 509 g/mol. The van der Waals surface area contributed by atoms with Crippen molar-refractivity contribution in [2.75, 3.05) is 5.32 Å². The fourth-order valence-electron chi connectivity index (χ4n) is 4.75. The smallest absolute Gasteiger partial charge is 0.340 e. The molecule has 6 nitrogen and oxygen atoms in total. The lowest BCUT2D eigenvalue weighted by atomic mass is 10.00. The molecule has 0 aliphatic rings. The molecule has 1 atom stereocenters. The number of rotatable bonds is 5. The van der Waals surface area contributed by atoms with Crippen LogP contribution in [0.5, 0.6) is 0 Å². The molecule has 0 saturated carbocycles. The van der Waals surface area contributed by atoms with Crippen LogP contribution in [0.4, 0.5) is 5.69 Å². The summed E-state index contributed by atoms with van der Waals surface area (Å²) in [6, 6.07) is 20.5. The topological polar surface area (TPSA) is 73.5 Å². The maximum Gasteiger partial charge on any atom is 0.340 e. The highest BCUT2D eigenvalue weighted by molar-refractivity contribution is 5.96. The first-order valence-corrected chi connectivity index (χ1v) is 12.7. The number of carbonyl (C=O) groups excluding carboxylic acids is 1. The Morgan fingerprint density at radius 2 is 1.79 bits per heavy atom. The molecule has 6 heteroatoms. The molecule has 2 heterocycles. The first-order chi connectivity index (χ1) is 18.0. The summed E-state index contributed by atoms with van der Waals surface area (Å²) in [6.45, 7) is 9.48. The molecule has 5 rings (SSSR count). The van der Waals surface area contributed by atoms with Crippen LogP contribution in [0.15, 0.2) is 82.1 Å². The number of carbonyl (C=O) groups is 1. The van der Waals surface area contributed by atoms with Crippen LogP contribution in [0.2, 0.25) is 0 Å². The van der Waals surface area contributed by atoms with Gasteiger partial charge in [0.15, 0.2) is 5.43 Å². The number of aryl methyl sites for hydroxylation is 2. The Kier molecular flexibility index (Phi) is 6.35. The maximum absolute atomic E-state index is 13.3. The van der Waals surface area contributed by atoms with Gasteiger partial charge in [0.25, 0.3) is 0 Å². The summed E-state index contributed by atoms with van der Waals surface area (Å²) in [7, 11) is 1.99. The molecule has 3 aromatic carbocycles. The normalized spacial score (nSPS) is 12.6. The van der Waals surface area contributed by atoms with E-state index < -0.39 is 11.6 Å². The number of anilines is 1. The van der Waals surface area contributed by atoms with Gasteiger partial charge in [-0.05, 0) is 75.9 Å². The van der Waals surface area contributed by atoms with E-state index in [1.54, 1.807) is 12.1 Å². The molecule has 194 valence electrons. The van der Waals surface area contributed by atoms with Crippen molar-refractivity contribution in [3.05, 3.63) is 99.8 Å². The minimum Gasteiger partial charge on any atom is -0.456 e.